The normalized spacial score (nSPS) is 11.0. The zero-order chi connectivity index (χ0) is 21.9. The molecule has 0 aromatic heterocycles. The number of hydrogen-bond acceptors (Lipinski definition) is 5. The molecule has 3 rings (SSSR count). The molecular weight excluding hydrogens is 410 g/mol. The SMILES string of the molecule is Cc1ccccc1Oc1ccc(S(=O)(=O)Nc2cc(C(=O)O)cc(C(=O)O)c2)cc1. The molecule has 8 nitrogen and oxygen atoms in total. The molecule has 0 saturated heterocycles. The van der Waals surface area contributed by atoms with E-state index >= 15 is 0 Å². The molecule has 0 spiro atoms. The molecule has 0 atom stereocenters. The zero-order valence-corrected chi connectivity index (χ0v) is 16.5. The molecule has 0 heterocycles. The lowest BCUT2D eigenvalue weighted by molar-refractivity contribution is 0.0696. The Bertz CT molecular complexity index is 1190. The summed E-state index contributed by atoms with van der Waals surface area (Å²) in [6.07, 6.45) is 0. The third-order valence-corrected chi connectivity index (χ3v) is 5.53. The minimum absolute atomic E-state index is 0.0998. The van der Waals surface area contributed by atoms with Crippen LogP contribution >= 0.6 is 0 Å². The standard InChI is InChI=1S/C21H17NO7S/c1-13-4-2-3-5-19(13)29-17-6-8-18(9-7-17)30(27,28)22-16-11-14(20(23)24)10-15(12-16)21(25)26/h2-12,22H,1H3,(H,23,24)(H,25,26). The van der Waals surface area contributed by atoms with E-state index in [1.807, 2.05) is 25.1 Å². The Hall–Kier alpha value is -3.85. The average Bonchev–Trinajstić information content (AvgIpc) is 2.69. The Morgan fingerprint density at radius 2 is 1.43 bits per heavy atom. The summed E-state index contributed by atoms with van der Waals surface area (Å²) in [7, 11) is -4.09. The third kappa shape index (κ3) is 4.76. The average molecular weight is 427 g/mol. The number of rotatable bonds is 7. The van der Waals surface area contributed by atoms with E-state index in [0.717, 1.165) is 23.8 Å². The van der Waals surface area contributed by atoms with Gasteiger partial charge in [0.05, 0.1) is 21.7 Å². The number of aryl methyl sites for hydroxylation is 1. The summed E-state index contributed by atoms with van der Waals surface area (Å²) in [5, 5.41) is 18.2. The fourth-order valence-electron chi connectivity index (χ4n) is 2.63. The maximum Gasteiger partial charge on any atom is 0.335 e. The first kappa shape index (κ1) is 20.9. The zero-order valence-electron chi connectivity index (χ0n) is 15.7. The lowest BCUT2D eigenvalue weighted by atomic mass is 10.1. The van der Waals surface area contributed by atoms with Crippen molar-refractivity contribution in [3.8, 4) is 11.5 Å². The van der Waals surface area contributed by atoms with Gasteiger partial charge in [-0.1, -0.05) is 18.2 Å². The van der Waals surface area contributed by atoms with E-state index in [2.05, 4.69) is 4.72 Å². The van der Waals surface area contributed by atoms with Gasteiger partial charge in [-0.2, -0.15) is 0 Å². The predicted molar refractivity (Wildman–Crippen MR) is 109 cm³/mol. The second kappa shape index (κ2) is 8.26. The van der Waals surface area contributed by atoms with Gasteiger partial charge in [0.15, 0.2) is 0 Å². The summed E-state index contributed by atoms with van der Waals surface area (Å²) in [6.45, 7) is 1.88. The fraction of sp³-hybridized carbons (Fsp3) is 0.0476. The van der Waals surface area contributed by atoms with Gasteiger partial charge in [-0.25, -0.2) is 18.0 Å². The molecule has 30 heavy (non-hydrogen) atoms. The molecule has 0 unspecified atom stereocenters. The van der Waals surface area contributed by atoms with Crippen molar-refractivity contribution >= 4 is 27.6 Å². The van der Waals surface area contributed by atoms with Crippen molar-refractivity contribution in [2.24, 2.45) is 0 Å². The Morgan fingerprint density at radius 1 is 0.867 bits per heavy atom. The summed E-state index contributed by atoms with van der Waals surface area (Å²) in [6, 6.07) is 16.0. The van der Waals surface area contributed by atoms with Crippen molar-refractivity contribution in [3.63, 3.8) is 0 Å². The molecule has 0 aliphatic rings. The summed E-state index contributed by atoms with van der Waals surface area (Å²) < 4.78 is 33.2. The Kier molecular flexibility index (Phi) is 5.74. The van der Waals surface area contributed by atoms with E-state index in [1.54, 1.807) is 6.07 Å². The van der Waals surface area contributed by atoms with Crippen LogP contribution in [0.2, 0.25) is 0 Å². The number of aromatic carboxylic acids is 2. The van der Waals surface area contributed by atoms with E-state index < -0.39 is 22.0 Å². The summed E-state index contributed by atoms with van der Waals surface area (Å²) in [5.74, 6) is -1.69. The summed E-state index contributed by atoms with van der Waals surface area (Å²) in [5.41, 5.74) is 0.0418. The van der Waals surface area contributed by atoms with Crippen LogP contribution in [0.1, 0.15) is 26.3 Å². The number of carbonyl (C=O) groups is 2. The highest BCUT2D eigenvalue weighted by Gasteiger charge is 2.18. The van der Waals surface area contributed by atoms with Crippen LogP contribution in [0.5, 0.6) is 11.5 Å². The van der Waals surface area contributed by atoms with E-state index in [-0.39, 0.29) is 21.7 Å². The maximum atomic E-state index is 12.6. The Labute approximate surface area is 172 Å². The molecule has 3 aromatic rings. The van der Waals surface area contributed by atoms with Crippen LogP contribution in [-0.4, -0.2) is 30.6 Å². The second-order valence-corrected chi connectivity index (χ2v) is 8.04. The first-order chi connectivity index (χ1) is 14.2. The monoisotopic (exact) mass is 427 g/mol. The molecule has 0 fully saturated rings. The number of para-hydroxylation sites is 1. The first-order valence-electron chi connectivity index (χ1n) is 8.64. The smallest absolute Gasteiger partial charge is 0.335 e. The number of anilines is 1. The van der Waals surface area contributed by atoms with Gasteiger partial charge in [0.25, 0.3) is 10.0 Å². The van der Waals surface area contributed by atoms with E-state index in [0.29, 0.717) is 11.5 Å². The molecule has 3 N–H and O–H groups in total. The van der Waals surface area contributed by atoms with Gasteiger partial charge in [-0.3, -0.25) is 4.72 Å². The molecule has 154 valence electrons. The molecule has 0 aliphatic carbocycles. The summed E-state index contributed by atoms with van der Waals surface area (Å²) in [4.78, 5) is 22.3. The van der Waals surface area contributed by atoms with Crippen molar-refractivity contribution in [2.75, 3.05) is 4.72 Å². The van der Waals surface area contributed by atoms with Crippen LogP contribution < -0.4 is 9.46 Å². The first-order valence-corrected chi connectivity index (χ1v) is 10.1. The molecular formula is C21H17NO7S. The van der Waals surface area contributed by atoms with Crippen molar-refractivity contribution in [2.45, 2.75) is 11.8 Å². The van der Waals surface area contributed by atoms with Crippen molar-refractivity contribution in [1.29, 1.82) is 0 Å². The minimum Gasteiger partial charge on any atom is -0.478 e. The van der Waals surface area contributed by atoms with Crippen LogP contribution in [0.15, 0.2) is 71.6 Å². The lowest BCUT2D eigenvalue weighted by Crippen LogP contribution is -2.14. The largest absolute Gasteiger partial charge is 0.478 e. The molecule has 0 saturated carbocycles. The van der Waals surface area contributed by atoms with Gasteiger partial charge in [0, 0.05) is 0 Å². The number of carboxylic acids is 2. The van der Waals surface area contributed by atoms with Gasteiger partial charge >= 0.3 is 11.9 Å². The molecule has 9 heteroatoms. The molecule has 3 aromatic carbocycles. The van der Waals surface area contributed by atoms with Gasteiger partial charge in [0.1, 0.15) is 11.5 Å². The number of benzene rings is 3. The van der Waals surface area contributed by atoms with Crippen molar-refractivity contribution < 1.29 is 33.0 Å². The van der Waals surface area contributed by atoms with E-state index in [4.69, 9.17) is 14.9 Å². The number of carboxylic acid groups (broad SMARTS) is 2. The summed E-state index contributed by atoms with van der Waals surface area (Å²) >= 11 is 0. The van der Waals surface area contributed by atoms with Crippen LogP contribution in [0, 0.1) is 6.92 Å². The Morgan fingerprint density at radius 3 is 1.97 bits per heavy atom. The third-order valence-electron chi connectivity index (χ3n) is 4.13. The lowest BCUT2D eigenvalue weighted by Gasteiger charge is -2.11. The van der Waals surface area contributed by atoms with Gasteiger partial charge in [-0.05, 0) is 61.0 Å². The van der Waals surface area contributed by atoms with Crippen LogP contribution in [0.4, 0.5) is 5.69 Å². The van der Waals surface area contributed by atoms with Gasteiger partial charge in [-0.15, -0.1) is 0 Å². The van der Waals surface area contributed by atoms with Crippen LogP contribution in [0.3, 0.4) is 0 Å². The molecule has 0 aliphatic heterocycles. The number of ether oxygens (including phenoxy) is 1. The quantitative estimate of drug-likeness (QED) is 0.520. The molecule has 0 radical (unpaired) electrons. The Balaban J connectivity index is 1.85. The van der Waals surface area contributed by atoms with Crippen LogP contribution in [0.25, 0.3) is 0 Å². The number of hydrogen-bond donors (Lipinski definition) is 3. The minimum atomic E-state index is -4.09. The van der Waals surface area contributed by atoms with E-state index in [1.165, 1.54) is 24.3 Å². The maximum absolute atomic E-state index is 12.6. The van der Waals surface area contributed by atoms with Gasteiger partial charge in [0.2, 0.25) is 0 Å². The van der Waals surface area contributed by atoms with Crippen LogP contribution in [-0.2, 0) is 10.0 Å². The highest BCUT2D eigenvalue weighted by atomic mass is 32.2. The highest BCUT2D eigenvalue weighted by Crippen LogP contribution is 2.26. The van der Waals surface area contributed by atoms with E-state index in [9.17, 15) is 18.0 Å². The molecule has 0 bridgehead atoms. The predicted octanol–water partition coefficient (Wildman–Crippen LogP) is 3.98. The number of nitrogens with one attached hydrogen (secondary N) is 1. The number of sulfonamides is 1. The van der Waals surface area contributed by atoms with Gasteiger partial charge < -0.3 is 14.9 Å². The fourth-order valence-corrected chi connectivity index (χ4v) is 3.67. The highest BCUT2D eigenvalue weighted by molar-refractivity contribution is 7.92. The topological polar surface area (TPSA) is 130 Å². The molecule has 0 amide bonds. The van der Waals surface area contributed by atoms with Crippen molar-refractivity contribution in [1.82, 2.24) is 0 Å². The second-order valence-electron chi connectivity index (χ2n) is 6.35. The van der Waals surface area contributed by atoms with Crippen molar-refractivity contribution in [3.05, 3.63) is 83.4 Å².